The minimum absolute atomic E-state index is 0.156. The zero-order valence-corrected chi connectivity index (χ0v) is 18.3. The van der Waals surface area contributed by atoms with Gasteiger partial charge in [-0.3, -0.25) is 10.1 Å². The first-order chi connectivity index (χ1) is 14.5. The molecule has 10 heteroatoms. The lowest BCUT2D eigenvalue weighted by Crippen LogP contribution is -2.26. The molecule has 0 aliphatic heterocycles. The molecule has 0 aliphatic rings. The standard InChI is InChI=1S/C20H27N7O2S/c1-4-26(5-2)10-6-7-14(3)23-20-21-12-17(27(28)29)19(25-20)24-15-8-9-16-18(11-15)30-13-22-16/h8-9,11-14H,4-7,10H2,1-3H3,(H2,21,23,24,25). The molecule has 9 nitrogen and oxygen atoms in total. The molecule has 0 saturated heterocycles. The maximum Gasteiger partial charge on any atom is 0.329 e. The lowest BCUT2D eigenvalue weighted by molar-refractivity contribution is -0.384. The summed E-state index contributed by atoms with van der Waals surface area (Å²) in [5, 5.41) is 17.8. The molecule has 0 aliphatic carbocycles. The molecule has 0 saturated carbocycles. The van der Waals surface area contributed by atoms with Crippen LogP contribution in [0.4, 0.5) is 23.1 Å². The SMILES string of the molecule is CCN(CC)CCCC(C)Nc1ncc([N+](=O)[O-])c(Nc2ccc3ncsc3c2)n1. The fourth-order valence-corrected chi connectivity index (χ4v) is 3.91. The molecule has 3 aromatic rings. The van der Waals surface area contributed by atoms with Gasteiger partial charge in [-0.2, -0.15) is 4.98 Å². The molecule has 0 amide bonds. The number of benzene rings is 1. The van der Waals surface area contributed by atoms with Crippen molar-refractivity contribution in [2.45, 2.75) is 39.7 Å². The van der Waals surface area contributed by atoms with Crippen LogP contribution < -0.4 is 10.6 Å². The molecule has 2 heterocycles. The molecule has 2 N–H and O–H groups in total. The molecule has 0 fully saturated rings. The number of nitro groups is 1. The van der Waals surface area contributed by atoms with Gasteiger partial charge < -0.3 is 15.5 Å². The van der Waals surface area contributed by atoms with E-state index in [4.69, 9.17) is 0 Å². The Kier molecular flexibility index (Phi) is 7.47. The minimum Gasteiger partial charge on any atom is -0.352 e. The molecule has 0 spiro atoms. The number of thiazole rings is 1. The van der Waals surface area contributed by atoms with Gasteiger partial charge in [-0.15, -0.1) is 11.3 Å². The second kappa shape index (κ2) is 10.3. The number of anilines is 3. The summed E-state index contributed by atoms with van der Waals surface area (Å²) in [7, 11) is 0. The number of hydrogen-bond donors (Lipinski definition) is 2. The Morgan fingerprint density at radius 1 is 1.27 bits per heavy atom. The number of nitrogens with zero attached hydrogens (tertiary/aromatic N) is 5. The molecule has 1 aromatic carbocycles. The van der Waals surface area contributed by atoms with Crippen molar-refractivity contribution in [1.82, 2.24) is 19.9 Å². The van der Waals surface area contributed by atoms with Crippen molar-refractivity contribution in [1.29, 1.82) is 0 Å². The molecule has 3 rings (SSSR count). The summed E-state index contributed by atoms with van der Waals surface area (Å²) in [5.41, 5.74) is 3.21. The number of fused-ring (bicyclic) bond motifs is 1. The van der Waals surface area contributed by atoms with Gasteiger partial charge in [0.1, 0.15) is 6.20 Å². The summed E-state index contributed by atoms with van der Waals surface area (Å²) >= 11 is 1.51. The molecule has 0 bridgehead atoms. The van der Waals surface area contributed by atoms with Crippen LogP contribution in [0.15, 0.2) is 29.9 Å². The molecule has 1 atom stereocenters. The number of hydrogen-bond acceptors (Lipinski definition) is 9. The van der Waals surface area contributed by atoms with Crippen molar-refractivity contribution in [3.05, 3.63) is 40.0 Å². The van der Waals surface area contributed by atoms with Crippen molar-refractivity contribution < 1.29 is 4.92 Å². The van der Waals surface area contributed by atoms with E-state index in [1.807, 2.05) is 18.2 Å². The summed E-state index contributed by atoms with van der Waals surface area (Å²) in [5.74, 6) is 0.536. The highest BCUT2D eigenvalue weighted by Gasteiger charge is 2.18. The van der Waals surface area contributed by atoms with Gasteiger partial charge in [0.25, 0.3) is 0 Å². The van der Waals surface area contributed by atoms with Crippen LogP contribution in [0.1, 0.15) is 33.6 Å². The quantitative estimate of drug-likeness (QED) is 0.334. The topological polar surface area (TPSA) is 109 Å². The predicted octanol–water partition coefficient (Wildman–Crippen LogP) is 4.66. The van der Waals surface area contributed by atoms with E-state index in [1.54, 1.807) is 5.51 Å². The van der Waals surface area contributed by atoms with E-state index in [0.29, 0.717) is 11.6 Å². The maximum absolute atomic E-state index is 11.4. The summed E-state index contributed by atoms with van der Waals surface area (Å²) in [6, 6.07) is 5.76. The van der Waals surface area contributed by atoms with Crippen molar-refractivity contribution in [2.75, 3.05) is 30.3 Å². The van der Waals surface area contributed by atoms with Gasteiger partial charge in [0.15, 0.2) is 0 Å². The van der Waals surface area contributed by atoms with E-state index in [2.05, 4.69) is 51.3 Å². The lowest BCUT2D eigenvalue weighted by Gasteiger charge is -2.19. The van der Waals surface area contributed by atoms with Gasteiger partial charge in [0, 0.05) is 11.7 Å². The van der Waals surface area contributed by atoms with Gasteiger partial charge in [-0.1, -0.05) is 13.8 Å². The van der Waals surface area contributed by atoms with Gasteiger partial charge in [0.05, 0.1) is 20.7 Å². The van der Waals surface area contributed by atoms with Gasteiger partial charge in [-0.25, -0.2) is 9.97 Å². The largest absolute Gasteiger partial charge is 0.352 e. The van der Waals surface area contributed by atoms with E-state index < -0.39 is 4.92 Å². The number of rotatable bonds is 11. The van der Waals surface area contributed by atoms with Crippen molar-refractivity contribution >= 4 is 44.7 Å². The predicted molar refractivity (Wildman–Crippen MR) is 122 cm³/mol. The zero-order valence-electron chi connectivity index (χ0n) is 17.5. The van der Waals surface area contributed by atoms with Crippen molar-refractivity contribution in [3.63, 3.8) is 0 Å². The molecule has 30 heavy (non-hydrogen) atoms. The Labute approximate surface area is 179 Å². The van der Waals surface area contributed by atoms with E-state index in [0.717, 1.165) is 42.7 Å². The highest BCUT2D eigenvalue weighted by molar-refractivity contribution is 7.16. The van der Waals surface area contributed by atoms with Crippen LogP contribution >= 0.6 is 11.3 Å². The fourth-order valence-electron chi connectivity index (χ4n) is 3.19. The molecular weight excluding hydrogens is 402 g/mol. The van der Waals surface area contributed by atoms with Crippen molar-refractivity contribution in [2.24, 2.45) is 0 Å². The van der Waals surface area contributed by atoms with Crippen LogP contribution in [0.25, 0.3) is 10.2 Å². The second-order valence-corrected chi connectivity index (χ2v) is 7.95. The van der Waals surface area contributed by atoms with E-state index in [9.17, 15) is 10.1 Å². The Balaban J connectivity index is 1.70. The highest BCUT2D eigenvalue weighted by atomic mass is 32.1. The maximum atomic E-state index is 11.4. The molecule has 2 aromatic heterocycles. The summed E-state index contributed by atoms with van der Waals surface area (Å²) in [6.45, 7) is 9.54. The highest BCUT2D eigenvalue weighted by Crippen LogP contribution is 2.28. The van der Waals surface area contributed by atoms with Gasteiger partial charge in [0.2, 0.25) is 11.8 Å². The van der Waals surface area contributed by atoms with Gasteiger partial charge in [-0.05, 0) is 57.6 Å². The minimum atomic E-state index is -0.481. The Hall–Kier alpha value is -2.85. The third kappa shape index (κ3) is 5.61. The monoisotopic (exact) mass is 429 g/mol. The third-order valence-electron chi connectivity index (χ3n) is 4.94. The average Bonchev–Trinajstić information content (AvgIpc) is 3.19. The van der Waals surface area contributed by atoms with Crippen LogP contribution in [0, 0.1) is 10.1 Å². The number of aromatic nitrogens is 3. The van der Waals surface area contributed by atoms with E-state index in [-0.39, 0.29) is 17.5 Å². The smallest absolute Gasteiger partial charge is 0.329 e. The van der Waals surface area contributed by atoms with Crippen LogP contribution in [-0.4, -0.2) is 50.5 Å². The second-order valence-electron chi connectivity index (χ2n) is 7.06. The van der Waals surface area contributed by atoms with Gasteiger partial charge >= 0.3 is 5.69 Å². The first-order valence-electron chi connectivity index (χ1n) is 10.1. The molecule has 0 radical (unpaired) electrons. The normalized spacial score (nSPS) is 12.3. The van der Waals surface area contributed by atoms with Crippen LogP contribution in [0.2, 0.25) is 0 Å². The van der Waals surface area contributed by atoms with E-state index >= 15 is 0 Å². The summed E-state index contributed by atoms with van der Waals surface area (Å²) in [6.07, 6.45) is 3.26. The average molecular weight is 430 g/mol. The Morgan fingerprint density at radius 2 is 2.07 bits per heavy atom. The lowest BCUT2D eigenvalue weighted by atomic mass is 10.2. The summed E-state index contributed by atoms with van der Waals surface area (Å²) in [4.78, 5) is 26.1. The first kappa shape index (κ1) is 21.8. The van der Waals surface area contributed by atoms with Crippen molar-refractivity contribution in [3.8, 4) is 0 Å². The van der Waals surface area contributed by atoms with Crippen LogP contribution in [0.3, 0.4) is 0 Å². The first-order valence-corrected chi connectivity index (χ1v) is 11.0. The third-order valence-corrected chi connectivity index (χ3v) is 5.73. The summed E-state index contributed by atoms with van der Waals surface area (Å²) < 4.78 is 0.997. The molecular formula is C20H27N7O2S. The van der Waals surface area contributed by atoms with E-state index in [1.165, 1.54) is 17.5 Å². The Morgan fingerprint density at radius 3 is 2.80 bits per heavy atom. The van der Waals surface area contributed by atoms with Crippen LogP contribution in [-0.2, 0) is 0 Å². The zero-order chi connectivity index (χ0) is 21.5. The Bertz CT molecular complexity index is 990. The number of nitrogens with one attached hydrogen (secondary N) is 2. The van der Waals surface area contributed by atoms with Crippen LogP contribution in [0.5, 0.6) is 0 Å². The molecule has 1 unspecified atom stereocenters. The molecule has 160 valence electrons. The fraction of sp³-hybridized carbons (Fsp3) is 0.450.